The Morgan fingerprint density at radius 1 is 1.07 bits per heavy atom. The standard InChI is InChI=1S/C11H18N2.ClH/c1-13(2)9-11-5-3-10(4-6-11)7-8-12;/h3-6H,7-9,12H2,1-2H3;1H. The molecule has 2 nitrogen and oxygen atoms in total. The molecule has 1 aromatic carbocycles. The van der Waals surface area contributed by atoms with Crippen LogP contribution in [0, 0.1) is 0 Å². The minimum atomic E-state index is 0. The average molecular weight is 215 g/mol. The van der Waals surface area contributed by atoms with Gasteiger partial charge >= 0.3 is 0 Å². The van der Waals surface area contributed by atoms with E-state index in [1.54, 1.807) is 0 Å². The molecule has 0 aromatic heterocycles. The Morgan fingerprint density at radius 2 is 1.57 bits per heavy atom. The summed E-state index contributed by atoms with van der Waals surface area (Å²) >= 11 is 0. The third kappa shape index (κ3) is 4.61. The number of hydrogen-bond acceptors (Lipinski definition) is 2. The molecule has 0 heterocycles. The van der Waals surface area contributed by atoms with Crippen molar-refractivity contribution in [2.75, 3.05) is 20.6 Å². The molecule has 0 aliphatic heterocycles. The molecule has 80 valence electrons. The lowest BCUT2D eigenvalue weighted by atomic mass is 10.1. The number of nitrogens with zero attached hydrogens (tertiary/aromatic N) is 1. The Kier molecular flexibility index (Phi) is 6.54. The van der Waals surface area contributed by atoms with E-state index in [2.05, 4.69) is 43.3 Å². The van der Waals surface area contributed by atoms with E-state index in [-0.39, 0.29) is 12.4 Å². The normalized spacial score (nSPS) is 10.0. The summed E-state index contributed by atoms with van der Waals surface area (Å²) in [4.78, 5) is 2.16. The highest BCUT2D eigenvalue weighted by atomic mass is 35.5. The van der Waals surface area contributed by atoms with Crippen LogP contribution in [0.25, 0.3) is 0 Å². The highest BCUT2D eigenvalue weighted by Gasteiger charge is 1.95. The van der Waals surface area contributed by atoms with Gasteiger partial charge in [-0.1, -0.05) is 24.3 Å². The second-order valence-corrected chi connectivity index (χ2v) is 3.59. The van der Waals surface area contributed by atoms with Crippen molar-refractivity contribution in [2.24, 2.45) is 5.73 Å². The summed E-state index contributed by atoms with van der Waals surface area (Å²) in [7, 11) is 4.15. The first-order chi connectivity index (χ1) is 6.22. The lowest BCUT2D eigenvalue weighted by molar-refractivity contribution is 0.402. The fourth-order valence-corrected chi connectivity index (χ4v) is 1.34. The van der Waals surface area contributed by atoms with Crippen LogP contribution in [0.5, 0.6) is 0 Å². The van der Waals surface area contributed by atoms with Gasteiger partial charge < -0.3 is 10.6 Å². The van der Waals surface area contributed by atoms with Gasteiger partial charge in [0.1, 0.15) is 0 Å². The van der Waals surface area contributed by atoms with E-state index >= 15 is 0 Å². The Bertz CT molecular complexity index is 244. The van der Waals surface area contributed by atoms with Gasteiger partial charge in [0.15, 0.2) is 0 Å². The van der Waals surface area contributed by atoms with E-state index in [0.29, 0.717) is 0 Å². The fourth-order valence-electron chi connectivity index (χ4n) is 1.34. The molecule has 0 radical (unpaired) electrons. The molecule has 0 saturated heterocycles. The predicted octanol–water partition coefficient (Wildman–Crippen LogP) is 1.67. The van der Waals surface area contributed by atoms with Crippen LogP contribution in [0.3, 0.4) is 0 Å². The topological polar surface area (TPSA) is 29.3 Å². The van der Waals surface area contributed by atoms with Crippen molar-refractivity contribution in [1.29, 1.82) is 0 Å². The predicted molar refractivity (Wildman–Crippen MR) is 63.8 cm³/mol. The number of rotatable bonds is 4. The minimum Gasteiger partial charge on any atom is -0.330 e. The lowest BCUT2D eigenvalue weighted by Crippen LogP contribution is -2.10. The van der Waals surface area contributed by atoms with Crippen molar-refractivity contribution in [2.45, 2.75) is 13.0 Å². The van der Waals surface area contributed by atoms with Crippen molar-refractivity contribution in [3.05, 3.63) is 35.4 Å². The highest BCUT2D eigenvalue weighted by Crippen LogP contribution is 2.06. The maximum absolute atomic E-state index is 5.47. The second kappa shape index (κ2) is 6.82. The third-order valence-electron chi connectivity index (χ3n) is 1.95. The number of nitrogens with two attached hydrogens (primary N) is 1. The number of hydrogen-bond donors (Lipinski definition) is 1. The molecule has 0 unspecified atom stereocenters. The van der Waals surface area contributed by atoms with E-state index in [1.807, 2.05) is 0 Å². The molecule has 0 saturated carbocycles. The van der Waals surface area contributed by atoms with Gasteiger partial charge in [0, 0.05) is 6.54 Å². The SMILES string of the molecule is CN(C)Cc1ccc(CCN)cc1.Cl. The largest absolute Gasteiger partial charge is 0.330 e. The van der Waals surface area contributed by atoms with Gasteiger partial charge in [0.05, 0.1) is 0 Å². The second-order valence-electron chi connectivity index (χ2n) is 3.59. The zero-order valence-corrected chi connectivity index (χ0v) is 9.68. The molecule has 2 N–H and O–H groups in total. The molecular weight excluding hydrogens is 196 g/mol. The van der Waals surface area contributed by atoms with Crippen LogP contribution in [-0.2, 0) is 13.0 Å². The summed E-state index contributed by atoms with van der Waals surface area (Å²) in [5.74, 6) is 0. The quantitative estimate of drug-likeness (QED) is 0.827. The van der Waals surface area contributed by atoms with Gasteiger partial charge in [-0.05, 0) is 38.2 Å². The van der Waals surface area contributed by atoms with Crippen LogP contribution >= 0.6 is 12.4 Å². The van der Waals surface area contributed by atoms with Crippen LogP contribution in [-0.4, -0.2) is 25.5 Å². The van der Waals surface area contributed by atoms with Crippen molar-refractivity contribution < 1.29 is 0 Å². The Labute approximate surface area is 92.5 Å². The van der Waals surface area contributed by atoms with Crippen molar-refractivity contribution in [3.63, 3.8) is 0 Å². The zero-order valence-electron chi connectivity index (χ0n) is 8.86. The van der Waals surface area contributed by atoms with Gasteiger partial charge in [0.25, 0.3) is 0 Å². The van der Waals surface area contributed by atoms with Crippen LogP contribution in [0.15, 0.2) is 24.3 Å². The first kappa shape index (κ1) is 13.4. The molecule has 0 fully saturated rings. The van der Waals surface area contributed by atoms with Crippen molar-refractivity contribution in [1.82, 2.24) is 4.90 Å². The van der Waals surface area contributed by atoms with Gasteiger partial charge in [-0.25, -0.2) is 0 Å². The summed E-state index contributed by atoms with van der Waals surface area (Å²) in [5, 5.41) is 0. The minimum absolute atomic E-state index is 0. The van der Waals surface area contributed by atoms with E-state index in [1.165, 1.54) is 11.1 Å². The van der Waals surface area contributed by atoms with Crippen molar-refractivity contribution >= 4 is 12.4 Å². The molecular formula is C11H19ClN2. The molecule has 14 heavy (non-hydrogen) atoms. The number of halogens is 1. The summed E-state index contributed by atoms with van der Waals surface area (Å²) in [6, 6.07) is 8.66. The maximum atomic E-state index is 5.47. The highest BCUT2D eigenvalue weighted by molar-refractivity contribution is 5.85. The Morgan fingerprint density at radius 3 is 2.00 bits per heavy atom. The summed E-state index contributed by atoms with van der Waals surface area (Å²) in [6.45, 7) is 1.73. The lowest BCUT2D eigenvalue weighted by Gasteiger charge is -2.09. The molecule has 1 aromatic rings. The number of benzene rings is 1. The molecule has 0 bridgehead atoms. The van der Waals surface area contributed by atoms with Crippen LogP contribution in [0.1, 0.15) is 11.1 Å². The van der Waals surface area contributed by atoms with Crippen LogP contribution in [0.2, 0.25) is 0 Å². The molecule has 0 aliphatic carbocycles. The fraction of sp³-hybridized carbons (Fsp3) is 0.455. The van der Waals surface area contributed by atoms with E-state index in [4.69, 9.17) is 5.73 Å². The Hall–Kier alpha value is -0.570. The van der Waals surface area contributed by atoms with Crippen LogP contribution in [0.4, 0.5) is 0 Å². The molecule has 0 amide bonds. The van der Waals surface area contributed by atoms with Crippen LogP contribution < -0.4 is 5.73 Å². The van der Waals surface area contributed by atoms with E-state index < -0.39 is 0 Å². The third-order valence-corrected chi connectivity index (χ3v) is 1.95. The first-order valence-electron chi connectivity index (χ1n) is 4.65. The summed E-state index contributed by atoms with van der Waals surface area (Å²) in [6.07, 6.45) is 0.974. The zero-order chi connectivity index (χ0) is 9.68. The summed E-state index contributed by atoms with van der Waals surface area (Å²) in [5.41, 5.74) is 8.15. The molecule has 1 rings (SSSR count). The molecule has 0 spiro atoms. The first-order valence-corrected chi connectivity index (χ1v) is 4.65. The summed E-state index contributed by atoms with van der Waals surface area (Å²) < 4.78 is 0. The average Bonchev–Trinajstić information content (AvgIpc) is 2.08. The maximum Gasteiger partial charge on any atom is 0.0227 e. The van der Waals surface area contributed by atoms with Gasteiger partial charge in [-0.3, -0.25) is 0 Å². The van der Waals surface area contributed by atoms with Gasteiger partial charge in [-0.15, -0.1) is 12.4 Å². The molecule has 0 aliphatic rings. The Balaban J connectivity index is 0.00000169. The van der Waals surface area contributed by atoms with Gasteiger partial charge in [-0.2, -0.15) is 0 Å². The molecule has 0 atom stereocenters. The smallest absolute Gasteiger partial charge is 0.0227 e. The molecule has 3 heteroatoms. The van der Waals surface area contributed by atoms with Gasteiger partial charge in [0.2, 0.25) is 0 Å². The van der Waals surface area contributed by atoms with E-state index in [0.717, 1.165) is 19.5 Å². The van der Waals surface area contributed by atoms with Crippen molar-refractivity contribution in [3.8, 4) is 0 Å². The monoisotopic (exact) mass is 214 g/mol. The van der Waals surface area contributed by atoms with E-state index in [9.17, 15) is 0 Å².